The van der Waals surface area contributed by atoms with Crippen LogP contribution in [0.3, 0.4) is 0 Å². The van der Waals surface area contributed by atoms with Crippen LogP contribution in [0.2, 0.25) is 0 Å². The molecule has 0 aliphatic heterocycles. The van der Waals surface area contributed by atoms with Gasteiger partial charge in [-0.1, -0.05) is 28.1 Å². The summed E-state index contributed by atoms with van der Waals surface area (Å²) in [7, 11) is 1.71. The lowest BCUT2D eigenvalue weighted by atomic mass is 10.1. The Morgan fingerprint density at radius 3 is 2.68 bits per heavy atom. The average molecular weight is 341 g/mol. The second-order valence-corrected chi connectivity index (χ2v) is 6.55. The van der Waals surface area contributed by atoms with Crippen LogP contribution in [-0.2, 0) is 4.74 Å². The van der Waals surface area contributed by atoms with Crippen LogP contribution >= 0.6 is 27.3 Å². The van der Waals surface area contributed by atoms with E-state index in [0.717, 1.165) is 20.9 Å². The normalized spacial score (nSPS) is 12.4. The monoisotopic (exact) mass is 340 g/mol. The highest BCUT2D eigenvalue weighted by atomic mass is 79.9. The molecule has 1 aromatic carbocycles. The van der Waals surface area contributed by atoms with Gasteiger partial charge in [-0.05, 0) is 26.0 Å². The molecular formula is C14H17BrN2OS. The molecule has 2 rings (SSSR count). The molecule has 5 heteroatoms. The van der Waals surface area contributed by atoms with Crippen molar-refractivity contribution in [3.63, 3.8) is 0 Å². The number of ether oxygens (including phenoxy) is 1. The molecule has 1 N–H and O–H groups in total. The Balaban J connectivity index is 2.19. The van der Waals surface area contributed by atoms with E-state index in [4.69, 9.17) is 4.74 Å². The van der Waals surface area contributed by atoms with Crippen LogP contribution in [-0.4, -0.2) is 24.7 Å². The van der Waals surface area contributed by atoms with E-state index in [1.54, 1.807) is 18.4 Å². The predicted molar refractivity (Wildman–Crippen MR) is 84.9 cm³/mol. The standard InChI is InChI=1S/C14H17BrN2OS/c1-9(8-18-3)16-14-17-13(10(2)19-14)11-4-6-12(15)7-5-11/h4-7,9H,8H2,1-3H3,(H,16,17)/t9-/m0/s1. The number of methoxy groups -OCH3 is 1. The molecule has 0 bridgehead atoms. The van der Waals surface area contributed by atoms with E-state index in [0.29, 0.717) is 6.61 Å². The third-order valence-electron chi connectivity index (χ3n) is 2.70. The van der Waals surface area contributed by atoms with Crippen LogP contribution in [0.25, 0.3) is 11.3 Å². The molecule has 2 aromatic rings. The van der Waals surface area contributed by atoms with Crippen molar-refractivity contribution in [2.24, 2.45) is 0 Å². The lowest BCUT2D eigenvalue weighted by molar-refractivity contribution is 0.190. The maximum atomic E-state index is 5.12. The maximum absolute atomic E-state index is 5.12. The fourth-order valence-corrected chi connectivity index (χ4v) is 3.05. The highest BCUT2D eigenvalue weighted by molar-refractivity contribution is 9.10. The van der Waals surface area contributed by atoms with Gasteiger partial charge in [0.15, 0.2) is 5.13 Å². The molecule has 0 saturated carbocycles. The van der Waals surface area contributed by atoms with Crippen molar-refractivity contribution >= 4 is 32.4 Å². The zero-order valence-electron chi connectivity index (χ0n) is 11.2. The summed E-state index contributed by atoms with van der Waals surface area (Å²) in [5.74, 6) is 0. The van der Waals surface area contributed by atoms with Crippen LogP contribution in [0.4, 0.5) is 5.13 Å². The fraction of sp³-hybridized carbons (Fsp3) is 0.357. The lowest BCUT2D eigenvalue weighted by Gasteiger charge is -2.10. The molecule has 0 saturated heterocycles. The first-order valence-electron chi connectivity index (χ1n) is 6.09. The zero-order valence-corrected chi connectivity index (χ0v) is 13.6. The molecule has 0 amide bonds. The minimum Gasteiger partial charge on any atom is -0.383 e. The average Bonchev–Trinajstić information content (AvgIpc) is 2.71. The summed E-state index contributed by atoms with van der Waals surface area (Å²) >= 11 is 5.13. The molecule has 0 fully saturated rings. The number of benzene rings is 1. The van der Waals surface area contributed by atoms with Gasteiger partial charge >= 0.3 is 0 Å². The van der Waals surface area contributed by atoms with Gasteiger partial charge in [0.25, 0.3) is 0 Å². The first-order valence-corrected chi connectivity index (χ1v) is 7.70. The Kier molecular flexibility index (Phi) is 4.96. The molecule has 19 heavy (non-hydrogen) atoms. The molecule has 0 aliphatic carbocycles. The topological polar surface area (TPSA) is 34.1 Å². The summed E-state index contributed by atoms with van der Waals surface area (Å²) in [6.07, 6.45) is 0. The number of thiazole rings is 1. The molecular weight excluding hydrogens is 324 g/mol. The highest BCUT2D eigenvalue weighted by Gasteiger charge is 2.11. The van der Waals surface area contributed by atoms with Crippen LogP contribution in [0.15, 0.2) is 28.7 Å². The lowest BCUT2D eigenvalue weighted by Crippen LogP contribution is -2.20. The number of anilines is 1. The Morgan fingerprint density at radius 1 is 1.37 bits per heavy atom. The Hall–Kier alpha value is -0.910. The minimum absolute atomic E-state index is 0.258. The summed E-state index contributed by atoms with van der Waals surface area (Å²) < 4.78 is 6.20. The third kappa shape index (κ3) is 3.78. The zero-order chi connectivity index (χ0) is 13.8. The van der Waals surface area contributed by atoms with Gasteiger partial charge in [-0.3, -0.25) is 0 Å². The molecule has 0 aliphatic rings. The molecule has 0 radical (unpaired) electrons. The molecule has 102 valence electrons. The van der Waals surface area contributed by atoms with E-state index in [2.05, 4.69) is 52.2 Å². The quantitative estimate of drug-likeness (QED) is 0.879. The van der Waals surface area contributed by atoms with Gasteiger partial charge in [0, 0.05) is 28.1 Å². The largest absolute Gasteiger partial charge is 0.383 e. The van der Waals surface area contributed by atoms with E-state index >= 15 is 0 Å². The summed E-state index contributed by atoms with van der Waals surface area (Å²) in [5.41, 5.74) is 2.19. The number of hydrogen-bond acceptors (Lipinski definition) is 4. The van der Waals surface area contributed by atoms with Gasteiger partial charge < -0.3 is 10.1 Å². The number of nitrogens with one attached hydrogen (secondary N) is 1. The first-order chi connectivity index (χ1) is 9.10. The Morgan fingerprint density at radius 2 is 2.05 bits per heavy atom. The number of nitrogens with zero attached hydrogens (tertiary/aromatic N) is 1. The fourth-order valence-electron chi connectivity index (χ4n) is 1.84. The smallest absolute Gasteiger partial charge is 0.183 e. The third-order valence-corrected chi connectivity index (χ3v) is 4.13. The van der Waals surface area contributed by atoms with E-state index in [1.807, 2.05) is 12.1 Å². The summed E-state index contributed by atoms with van der Waals surface area (Å²) in [6.45, 7) is 4.85. The second kappa shape index (κ2) is 6.50. The van der Waals surface area contributed by atoms with Crippen molar-refractivity contribution in [1.82, 2.24) is 4.98 Å². The number of aromatic nitrogens is 1. The summed E-state index contributed by atoms with van der Waals surface area (Å²) in [4.78, 5) is 5.89. The molecule has 1 heterocycles. The summed E-state index contributed by atoms with van der Waals surface area (Å²) in [5, 5.41) is 4.30. The van der Waals surface area contributed by atoms with E-state index < -0.39 is 0 Å². The Bertz CT molecular complexity index is 539. The molecule has 1 aromatic heterocycles. The van der Waals surface area contributed by atoms with Gasteiger partial charge in [-0.25, -0.2) is 4.98 Å². The highest BCUT2D eigenvalue weighted by Crippen LogP contribution is 2.31. The molecule has 1 atom stereocenters. The van der Waals surface area contributed by atoms with Crippen LogP contribution in [0, 0.1) is 6.92 Å². The predicted octanol–water partition coefficient (Wildman–Crippen LogP) is 4.33. The van der Waals surface area contributed by atoms with Crippen LogP contribution in [0.1, 0.15) is 11.8 Å². The van der Waals surface area contributed by atoms with Crippen molar-refractivity contribution in [2.75, 3.05) is 19.0 Å². The summed E-state index contributed by atoms with van der Waals surface area (Å²) in [6, 6.07) is 8.49. The van der Waals surface area contributed by atoms with Crippen molar-refractivity contribution in [3.05, 3.63) is 33.6 Å². The first kappa shape index (κ1) is 14.5. The van der Waals surface area contributed by atoms with E-state index in [-0.39, 0.29) is 6.04 Å². The van der Waals surface area contributed by atoms with Crippen LogP contribution in [0.5, 0.6) is 0 Å². The van der Waals surface area contributed by atoms with Gasteiger partial charge in [0.1, 0.15) is 0 Å². The van der Waals surface area contributed by atoms with Crippen molar-refractivity contribution < 1.29 is 4.74 Å². The minimum atomic E-state index is 0.258. The maximum Gasteiger partial charge on any atom is 0.183 e. The number of hydrogen-bond donors (Lipinski definition) is 1. The van der Waals surface area contributed by atoms with E-state index in [9.17, 15) is 0 Å². The molecule has 0 spiro atoms. The molecule has 0 unspecified atom stereocenters. The van der Waals surface area contributed by atoms with Gasteiger partial charge in [-0.15, -0.1) is 11.3 Å². The van der Waals surface area contributed by atoms with E-state index in [1.165, 1.54) is 4.88 Å². The van der Waals surface area contributed by atoms with Crippen molar-refractivity contribution in [2.45, 2.75) is 19.9 Å². The van der Waals surface area contributed by atoms with Gasteiger partial charge in [0.2, 0.25) is 0 Å². The van der Waals surface area contributed by atoms with Gasteiger partial charge in [0.05, 0.1) is 12.3 Å². The number of aryl methyl sites for hydroxylation is 1. The van der Waals surface area contributed by atoms with Crippen molar-refractivity contribution in [1.29, 1.82) is 0 Å². The van der Waals surface area contributed by atoms with Crippen LogP contribution < -0.4 is 5.32 Å². The SMILES string of the molecule is COC[C@H](C)Nc1nc(-c2ccc(Br)cc2)c(C)s1. The van der Waals surface area contributed by atoms with Crippen molar-refractivity contribution in [3.8, 4) is 11.3 Å². The van der Waals surface area contributed by atoms with Gasteiger partial charge in [-0.2, -0.15) is 0 Å². The number of rotatable bonds is 5. The second-order valence-electron chi connectivity index (χ2n) is 4.43. The number of halogens is 1. The Labute approximate surface area is 126 Å². The molecule has 3 nitrogen and oxygen atoms in total.